The number of hydrogen-bond acceptors (Lipinski definition) is 9. The second-order valence-electron chi connectivity index (χ2n) is 4.97. The standard InChI is InChI=1S/C12H22N6O3/c1-6(2)8(9(19)20-5)14-10-15-11(18-13)17-12(16-10)21-7(3)4/h6-8H,13H2,1-5H3,(H2,14,15,16,17,18). The van der Waals surface area contributed by atoms with Gasteiger partial charge in [-0.05, 0) is 19.8 Å². The molecule has 21 heavy (non-hydrogen) atoms. The molecule has 0 aliphatic rings. The normalized spacial score (nSPS) is 12.2. The van der Waals surface area contributed by atoms with Gasteiger partial charge in [-0.3, -0.25) is 5.43 Å². The van der Waals surface area contributed by atoms with E-state index in [1.54, 1.807) is 0 Å². The Labute approximate surface area is 123 Å². The van der Waals surface area contributed by atoms with Crippen LogP contribution in [-0.4, -0.2) is 40.2 Å². The van der Waals surface area contributed by atoms with Gasteiger partial charge in [-0.1, -0.05) is 13.8 Å². The molecule has 0 fully saturated rings. The predicted molar refractivity (Wildman–Crippen MR) is 77.7 cm³/mol. The molecule has 4 N–H and O–H groups in total. The number of nitrogens with two attached hydrogens (primary N) is 1. The molecule has 0 radical (unpaired) electrons. The van der Waals surface area contributed by atoms with Crippen molar-refractivity contribution in [2.75, 3.05) is 17.9 Å². The van der Waals surface area contributed by atoms with Crippen LogP contribution in [0.25, 0.3) is 0 Å². The van der Waals surface area contributed by atoms with Crippen molar-refractivity contribution in [1.29, 1.82) is 0 Å². The van der Waals surface area contributed by atoms with Crippen LogP contribution in [0.4, 0.5) is 11.9 Å². The van der Waals surface area contributed by atoms with E-state index in [0.29, 0.717) is 0 Å². The van der Waals surface area contributed by atoms with E-state index < -0.39 is 12.0 Å². The molecule has 9 nitrogen and oxygen atoms in total. The van der Waals surface area contributed by atoms with Gasteiger partial charge < -0.3 is 14.8 Å². The molecule has 1 rings (SSSR count). The van der Waals surface area contributed by atoms with Gasteiger partial charge in [-0.15, -0.1) is 0 Å². The molecule has 0 aromatic carbocycles. The maximum atomic E-state index is 11.7. The van der Waals surface area contributed by atoms with Gasteiger partial charge in [0, 0.05) is 0 Å². The number of methoxy groups -OCH3 is 1. The van der Waals surface area contributed by atoms with E-state index in [2.05, 4.69) is 25.7 Å². The van der Waals surface area contributed by atoms with Gasteiger partial charge in [0.25, 0.3) is 0 Å². The highest BCUT2D eigenvalue weighted by Crippen LogP contribution is 2.15. The summed E-state index contributed by atoms with van der Waals surface area (Å²) < 4.78 is 10.2. The second-order valence-corrected chi connectivity index (χ2v) is 4.97. The van der Waals surface area contributed by atoms with Crippen LogP contribution in [0.1, 0.15) is 27.7 Å². The van der Waals surface area contributed by atoms with E-state index in [9.17, 15) is 4.79 Å². The number of aromatic nitrogens is 3. The zero-order valence-corrected chi connectivity index (χ0v) is 12.9. The Bertz CT molecular complexity index is 480. The molecular formula is C12H22N6O3. The van der Waals surface area contributed by atoms with Gasteiger partial charge in [0.05, 0.1) is 13.2 Å². The monoisotopic (exact) mass is 298 g/mol. The summed E-state index contributed by atoms with van der Waals surface area (Å²) >= 11 is 0. The fourth-order valence-electron chi connectivity index (χ4n) is 1.51. The highest BCUT2D eigenvalue weighted by Gasteiger charge is 2.24. The number of hydrogen-bond donors (Lipinski definition) is 3. The van der Waals surface area contributed by atoms with Gasteiger partial charge in [0.2, 0.25) is 11.9 Å². The number of esters is 1. The Morgan fingerprint density at radius 2 is 1.76 bits per heavy atom. The van der Waals surface area contributed by atoms with Gasteiger partial charge in [0.1, 0.15) is 6.04 Å². The van der Waals surface area contributed by atoms with Crippen LogP contribution in [0, 0.1) is 5.92 Å². The van der Waals surface area contributed by atoms with E-state index >= 15 is 0 Å². The lowest BCUT2D eigenvalue weighted by molar-refractivity contribution is -0.142. The average molecular weight is 298 g/mol. The first-order chi connectivity index (χ1) is 9.87. The maximum absolute atomic E-state index is 11.7. The third-order valence-corrected chi connectivity index (χ3v) is 2.49. The van der Waals surface area contributed by atoms with E-state index in [0.717, 1.165) is 0 Å². The Hall–Kier alpha value is -2.16. The van der Waals surface area contributed by atoms with Crippen LogP contribution < -0.4 is 21.3 Å². The quantitative estimate of drug-likeness (QED) is 0.376. The number of rotatable bonds is 7. The number of nitrogens with one attached hydrogen (secondary N) is 2. The molecule has 0 spiro atoms. The summed E-state index contributed by atoms with van der Waals surface area (Å²) in [5.74, 6) is 5.21. The first-order valence-electron chi connectivity index (χ1n) is 6.61. The van der Waals surface area contributed by atoms with Gasteiger partial charge >= 0.3 is 12.0 Å². The molecule has 1 atom stereocenters. The lowest BCUT2D eigenvalue weighted by atomic mass is 10.1. The minimum Gasteiger partial charge on any atom is -0.467 e. The molecule has 9 heteroatoms. The summed E-state index contributed by atoms with van der Waals surface area (Å²) in [6.45, 7) is 7.45. The number of hydrazine groups is 1. The van der Waals surface area contributed by atoms with Crippen LogP contribution >= 0.6 is 0 Å². The van der Waals surface area contributed by atoms with Crippen molar-refractivity contribution in [3.8, 4) is 6.01 Å². The minimum absolute atomic E-state index is 0.0158. The van der Waals surface area contributed by atoms with Crippen LogP contribution in [0.15, 0.2) is 0 Å². The summed E-state index contributed by atoms with van der Waals surface area (Å²) in [5.41, 5.74) is 2.33. The van der Waals surface area contributed by atoms with Crippen molar-refractivity contribution in [3.05, 3.63) is 0 Å². The molecule has 0 aliphatic carbocycles. The Morgan fingerprint density at radius 1 is 1.14 bits per heavy atom. The molecule has 1 heterocycles. The van der Waals surface area contributed by atoms with Crippen molar-refractivity contribution in [3.63, 3.8) is 0 Å². The summed E-state index contributed by atoms with van der Waals surface area (Å²) in [7, 11) is 1.33. The fourth-order valence-corrected chi connectivity index (χ4v) is 1.51. The molecule has 118 valence electrons. The van der Waals surface area contributed by atoms with E-state index in [1.165, 1.54) is 7.11 Å². The van der Waals surface area contributed by atoms with Gasteiger partial charge in [-0.2, -0.15) is 15.0 Å². The Balaban J connectivity index is 3.02. The lowest BCUT2D eigenvalue weighted by Crippen LogP contribution is -2.36. The number of nitrogen functional groups attached to an aromatic ring is 1. The van der Waals surface area contributed by atoms with E-state index in [4.69, 9.17) is 15.3 Å². The first-order valence-corrected chi connectivity index (χ1v) is 6.61. The van der Waals surface area contributed by atoms with Crippen LogP contribution in [-0.2, 0) is 9.53 Å². The largest absolute Gasteiger partial charge is 0.467 e. The molecular weight excluding hydrogens is 276 g/mol. The zero-order chi connectivity index (χ0) is 16.0. The van der Waals surface area contributed by atoms with Crippen molar-refractivity contribution >= 4 is 17.9 Å². The topological polar surface area (TPSA) is 124 Å². The highest BCUT2D eigenvalue weighted by molar-refractivity contribution is 5.78. The Morgan fingerprint density at radius 3 is 2.24 bits per heavy atom. The van der Waals surface area contributed by atoms with E-state index in [1.807, 2.05) is 27.7 Å². The Kier molecular flexibility index (Phi) is 6.10. The summed E-state index contributed by atoms with van der Waals surface area (Å²) in [6, 6.07) is -0.474. The minimum atomic E-state index is -0.588. The van der Waals surface area contributed by atoms with Crippen molar-refractivity contribution in [2.45, 2.75) is 39.8 Å². The average Bonchev–Trinajstić information content (AvgIpc) is 2.42. The first kappa shape index (κ1) is 16.9. The summed E-state index contributed by atoms with van der Waals surface area (Å²) in [6.07, 6.45) is -0.104. The summed E-state index contributed by atoms with van der Waals surface area (Å²) in [4.78, 5) is 23.9. The predicted octanol–water partition coefficient (Wildman–Crippen LogP) is 0.554. The number of ether oxygens (including phenoxy) is 2. The molecule has 0 amide bonds. The van der Waals surface area contributed by atoms with E-state index in [-0.39, 0.29) is 29.9 Å². The number of nitrogens with zero attached hydrogens (tertiary/aromatic N) is 3. The molecule has 0 bridgehead atoms. The lowest BCUT2D eigenvalue weighted by Gasteiger charge is -2.20. The second kappa shape index (κ2) is 7.58. The van der Waals surface area contributed by atoms with Crippen molar-refractivity contribution in [2.24, 2.45) is 11.8 Å². The molecule has 0 saturated heterocycles. The fraction of sp³-hybridized carbons (Fsp3) is 0.667. The third kappa shape index (κ3) is 5.03. The summed E-state index contributed by atoms with van der Waals surface area (Å²) in [5, 5.41) is 2.91. The molecule has 1 aromatic rings. The zero-order valence-electron chi connectivity index (χ0n) is 12.9. The molecule has 1 unspecified atom stereocenters. The van der Waals surface area contributed by atoms with Crippen molar-refractivity contribution < 1.29 is 14.3 Å². The van der Waals surface area contributed by atoms with Crippen LogP contribution in [0.3, 0.4) is 0 Å². The number of carbonyl (C=O) groups is 1. The smallest absolute Gasteiger partial charge is 0.328 e. The van der Waals surface area contributed by atoms with Gasteiger partial charge in [-0.25, -0.2) is 10.6 Å². The number of carbonyl (C=O) groups excluding carboxylic acids is 1. The van der Waals surface area contributed by atoms with Crippen LogP contribution in [0.2, 0.25) is 0 Å². The SMILES string of the molecule is COC(=O)C(Nc1nc(NN)nc(OC(C)C)n1)C(C)C. The van der Waals surface area contributed by atoms with Crippen LogP contribution in [0.5, 0.6) is 6.01 Å². The molecule has 0 aliphatic heterocycles. The number of anilines is 2. The maximum Gasteiger partial charge on any atom is 0.328 e. The highest BCUT2D eigenvalue weighted by atomic mass is 16.5. The van der Waals surface area contributed by atoms with Gasteiger partial charge in [0.15, 0.2) is 0 Å². The van der Waals surface area contributed by atoms with Crippen molar-refractivity contribution in [1.82, 2.24) is 15.0 Å². The molecule has 0 saturated carbocycles. The molecule has 1 aromatic heterocycles. The third-order valence-electron chi connectivity index (χ3n) is 2.49.